The SMILES string of the molecule is Cc1ccc(-c2nc(Cn3nnc(C(=O)Nc4cccc(C)c4)c3N)c(C)o2)cc1. The van der Waals surface area contributed by atoms with Gasteiger partial charge in [-0.25, -0.2) is 9.67 Å². The normalized spacial score (nSPS) is 10.9. The molecule has 0 spiro atoms. The van der Waals surface area contributed by atoms with E-state index in [-0.39, 0.29) is 18.1 Å². The Bertz CT molecular complexity index is 1210. The van der Waals surface area contributed by atoms with Gasteiger partial charge in [0.1, 0.15) is 11.5 Å². The average molecular weight is 402 g/mol. The molecule has 0 aliphatic rings. The molecule has 0 unspecified atom stereocenters. The van der Waals surface area contributed by atoms with Crippen LogP contribution in [-0.2, 0) is 6.54 Å². The van der Waals surface area contributed by atoms with Gasteiger partial charge in [-0.15, -0.1) is 5.10 Å². The molecule has 0 radical (unpaired) electrons. The van der Waals surface area contributed by atoms with Crippen LogP contribution >= 0.6 is 0 Å². The average Bonchev–Trinajstić information content (AvgIpc) is 3.26. The molecule has 0 aliphatic carbocycles. The van der Waals surface area contributed by atoms with Gasteiger partial charge in [0.05, 0.1) is 6.54 Å². The van der Waals surface area contributed by atoms with Gasteiger partial charge in [-0.3, -0.25) is 4.79 Å². The van der Waals surface area contributed by atoms with Crippen molar-refractivity contribution in [3.05, 3.63) is 76.8 Å². The van der Waals surface area contributed by atoms with Gasteiger partial charge in [0.25, 0.3) is 5.91 Å². The number of rotatable bonds is 5. The Hall–Kier alpha value is -3.94. The number of nitrogens with one attached hydrogen (secondary N) is 1. The van der Waals surface area contributed by atoms with E-state index in [1.165, 1.54) is 4.68 Å². The quantitative estimate of drug-likeness (QED) is 0.526. The molecule has 0 bridgehead atoms. The second-order valence-electron chi connectivity index (χ2n) is 7.19. The second-order valence-corrected chi connectivity index (χ2v) is 7.19. The number of aryl methyl sites for hydroxylation is 3. The minimum absolute atomic E-state index is 0.0661. The molecular weight excluding hydrogens is 380 g/mol. The molecule has 0 fully saturated rings. The van der Waals surface area contributed by atoms with Crippen molar-refractivity contribution in [1.29, 1.82) is 0 Å². The fraction of sp³-hybridized carbons (Fsp3) is 0.182. The highest BCUT2D eigenvalue weighted by Gasteiger charge is 2.20. The first-order chi connectivity index (χ1) is 14.4. The molecule has 2 aromatic carbocycles. The van der Waals surface area contributed by atoms with Crippen molar-refractivity contribution in [2.45, 2.75) is 27.3 Å². The van der Waals surface area contributed by atoms with Crippen LogP contribution in [0.4, 0.5) is 11.5 Å². The largest absolute Gasteiger partial charge is 0.441 e. The molecular formula is C22H22N6O2. The number of amides is 1. The van der Waals surface area contributed by atoms with Crippen molar-refractivity contribution in [1.82, 2.24) is 20.0 Å². The maximum atomic E-state index is 12.6. The number of anilines is 2. The molecule has 0 aliphatic heterocycles. The molecule has 8 heteroatoms. The first-order valence-corrected chi connectivity index (χ1v) is 9.51. The van der Waals surface area contributed by atoms with Gasteiger partial charge < -0.3 is 15.5 Å². The predicted octanol–water partition coefficient (Wildman–Crippen LogP) is 3.74. The highest BCUT2D eigenvalue weighted by molar-refractivity contribution is 6.05. The topological polar surface area (TPSA) is 112 Å². The first-order valence-electron chi connectivity index (χ1n) is 9.51. The molecule has 1 amide bonds. The number of hydrogen-bond acceptors (Lipinski definition) is 6. The van der Waals surface area contributed by atoms with Crippen LogP contribution in [0.1, 0.15) is 33.1 Å². The molecule has 152 valence electrons. The van der Waals surface area contributed by atoms with E-state index in [2.05, 4.69) is 20.6 Å². The van der Waals surface area contributed by atoms with Crippen LogP contribution in [0.15, 0.2) is 52.9 Å². The number of nitrogens with two attached hydrogens (primary N) is 1. The standard InChI is InChI=1S/C22H22N6O2/c1-13-7-9-16(10-8-13)22-25-18(15(3)30-22)12-28-20(23)19(26-27-28)21(29)24-17-6-4-5-14(2)11-17/h4-11H,12,23H2,1-3H3,(H,24,29). The van der Waals surface area contributed by atoms with Gasteiger partial charge in [0.15, 0.2) is 11.5 Å². The van der Waals surface area contributed by atoms with E-state index >= 15 is 0 Å². The van der Waals surface area contributed by atoms with E-state index in [1.54, 1.807) is 6.07 Å². The third-order valence-electron chi connectivity index (χ3n) is 4.76. The summed E-state index contributed by atoms with van der Waals surface area (Å²) in [6, 6.07) is 15.4. The summed E-state index contributed by atoms with van der Waals surface area (Å²) in [5.41, 5.74) is 10.6. The molecule has 0 saturated carbocycles. The predicted molar refractivity (Wildman–Crippen MR) is 114 cm³/mol. The summed E-state index contributed by atoms with van der Waals surface area (Å²) < 4.78 is 7.24. The summed E-state index contributed by atoms with van der Waals surface area (Å²) in [5, 5.41) is 10.8. The van der Waals surface area contributed by atoms with Crippen LogP contribution in [0, 0.1) is 20.8 Å². The van der Waals surface area contributed by atoms with Crippen molar-refractivity contribution >= 4 is 17.4 Å². The summed E-state index contributed by atoms with van der Waals surface area (Å²) in [6.07, 6.45) is 0. The van der Waals surface area contributed by atoms with Gasteiger partial charge in [-0.1, -0.05) is 35.0 Å². The Balaban J connectivity index is 1.53. The Morgan fingerprint density at radius 3 is 2.60 bits per heavy atom. The van der Waals surface area contributed by atoms with Gasteiger partial charge in [0, 0.05) is 11.3 Å². The molecule has 0 saturated heterocycles. The Morgan fingerprint density at radius 1 is 1.10 bits per heavy atom. The third kappa shape index (κ3) is 3.93. The van der Waals surface area contributed by atoms with E-state index in [0.717, 1.165) is 16.7 Å². The van der Waals surface area contributed by atoms with Crippen LogP contribution < -0.4 is 11.1 Å². The van der Waals surface area contributed by atoms with Gasteiger partial charge in [-0.05, 0) is 50.6 Å². The lowest BCUT2D eigenvalue weighted by Gasteiger charge is -2.05. The number of benzene rings is 2. The summed E-state index contributed by atoms with van der Waals surface area (Å²) >= 11 is 0. The molecule has 30 heavy (non-hydrogen) atoms. The number of carbonyl (C=O) groups excluding carboxylic acids is 1. The second kappa shape index (κ2) is 7.82. The monoisotopic (exact) mass is 402 g/mol. The number of aromatic nitrogens is 4. The van der Waals surface area contributed by atoms with Crippen LogP contribution in [-0.4, -0.2) is 25.9 Å². The number of hydrogen-bond donors (Lipinski definition) is 2. The van der Waals surface area contributed by atoms with Gasteiger partial charge in [-0.2, -0.15) is 0 Å². The lowest BCUT2D eigenvalue weighted by molar-refractivity contribution is 0.102. The molecule has 4 rings (SSSR count). The summed E-state index contributed by atoms with van der Waals surface area (Å²) in [4.78, 5) is 17.1. The van der Waals surface area contributed by atoms with E-state index in [0.29, 0.717) is 23.0 Å². The molecule has 8 nitrogen and oxygen atoms in total. The van der Waals surface area contributed by atoms with Crippen LogP contribution in [0.3, 0.4) is 0 Å². The fourth-order valence-electron chi connectivity index (χ4n) is 3.05. The van der Waals surface area contributed by atoms with E-state index in [4.69, 9.17) is 10.2 Å². The fourth-order valence-corrected chi connectivity index (χ4v) is 3.05. The summed E-state index contributed by atoms with van der Waals surface area (Å²) in [5.74, 6) is 0.936. The van der Waals surface area contributed by atoms with Crippen molar-refractivity contribution in [2.75, 3.05) is 11.1 Å². The van der Waals surface area contributed by atoms with Crippen molar-refractivity contribution in [2.24, 2.45) is 0 Å². The molecule has 0 atom stereocenters. The third-order valence-corrected chi connectivity index (χ3v) is 4.76. The minimum atomic E-state index is -0.415. The molecule has 2 heterocycles. The number of carbonyl (C=O) groups is 1. The Kier molecular flexibility index (Phi) is 5.05. The van der Waals surface area contributed by atoms with Crippen LogP contribution in [0.25, 0.3) is 11.5 Å². The van der Waals surface area contributed by atoms with Crippen molar-refractivity contribution in [3.63, 3.8) is 0 Å². The van der Waals surface area contributed by atoms with Gasteiger partial charge in [0.2, 0.25) is 5.89 Å². The summed E-state index contributed by atoms with van der Waals surface area (Å²) in [7, 11) is 0. The number of nitrogen functional groups attached to an aromatic ring is 1. The molecule has 2 aromatic heterocycles. The highest BCUT2D eigenvalue weighted by Crippen LogP contribution is 2.23. The van der Waals surface area contributed by atoms with Crippen molar-refractivity contribution in [3.8, 4) is 11.5 Å². The lowest BCUT2D eigenvalue weighted by atomic mass is 10.1. The first kappa shape index (κ1) is 19.4. The van der Waals surface area contributed by atoms with E-state index < -0.39 is 5.91 Å². The minimum Gasteiger partial charge on any atom is -0.441 e. The smallest absolute Gasteiger partial charge is 0.280 e. The zero-order valence-electron chi connectivity index (χ0n) is 17.0. The zero-order valence-corrected chi connectivity index (χ0v) is 17.0. The lowest BCUT2D eigenvalue weighted by Crippen LogP contribution is -2.15. The molecule has 3 N–H and O–H groups in total. The maximum Gasteiger partial charge on any atom is 0.280 e. The van der Waals surface area contributed by atoms with Crippen LogP contribution in [0.2, 0.25) is 0 Å². The number of oxazole rings is 1. The Labute approximate surface area is 173 Å². The number of nitrogens with zero attached hydrogens (tertiary/aromatic N) is 4. The Morgan fingerprint density at radius 2 is 1.87 bits per heavy atom. The summed E-state index contributed by atoms with van der Waals surface area (Å²) in [6.45, 7) is 6.05. The van der Waals surface area contributed by atoms with Crippen molar-refractivity contribution < 1.29 is 9.21 Å². The zero-order chi connectivity index (χ0) is 21.3. The van der Waals surface area contributed by atoms with Gasteiger partial charge >= 0.3 is 0 Å². The van der Waals surface area contributed by atoms with Crippen LogP contribution in [0.5, 0.6) is 0 Å². The highest BCUT2D eigenvalue weighted by atomic mass is 16.4. The maximum absolute atomic E-state index is 12.6. The van der Waals surface area contributed by atoms with E-state index in [1.807, 2.05) is 63.2 Å². The molecule has 4 aromatic rings. The van der Waals surface area contributed by atoms with E-state index in [9.17, 15) is 4.79 Å².